The highest BCUT2D eigenvalue weighted by Gasteiger charge is 2.16. The molecule has 0 saturated carbocycles. The van der Waals surface area contributed by atoms with Gasteiger partial charge in [0.2, 0.25) is 5.95 Å². The predicted molar refractivity (Wildman–Crippen MR) is 69.3 cm³/mol. The summed E-state index contributed by atoms with van der Waals surface area (Å²) in [6.07, 6.45) is 0. The van der Waals surface area contributed by atoms with Gasteiger partial charge in [-0.25, -0.2) is 0 Å². The van der Waals surface area contributed by atoms with Gasteiger partial charge in [0.25, 0.3) is 0 Å². The van der Waals surface area contributed by atoms with Crippen LogP contribution in [-0.4, -0.2) is 41.5 Å². The van der Waals surface area contributed by atoms with E-state index in [0.717, 1.165) is 49.3 Å². The molecule has 0 bridgehead atoms. The molecule has 2 aromatic rings. The third-order valence-corrected chi connectivity index (χ3v) is 2.93. The van der Waals surface area contributed by atoms with E-state index >= 15 is 0 Å². The minimum Gasteiger partial charge on any atom is -0.399 e. The largest absolute Gasteiger partial charge is 0.399 e. The minimum atomic E-state index is 0.718. The molecule has 1 aromatic heterocycles. The van der Waals surface area contributed by atoms with Crippen molar-refractivity contribution < 1.29 is 4.74 Å². The third-order valence-electron chi connectivity index (χ3n) is 2.93. The first kappa shape index (κ1) is 11.0. The van der Waals surface area contributed by atoms with Crippen LogP contribution in [0.1, 0.15) is 0 Å². The molecule has 94 valence electrons. The second-order valence-electron chi connectivity index (χ2n) is 4.21. The Kier molecular flexibility index (Phi) is 2.85. The molecule has 6 heteroatoms. The van der Waals surface area contributed by atoms with Crippen molar-refractivity contribution in [1.29, 1.82) is 0 Å². The Labute approximate surface area is 105 Å². The Morgan fingerprint density at radius 2 is 2.11 bits per heavy atom. The summed E-state index contributed by atoms with van der Waals surface area (Å²) < 4.78 is 5.30. The first-order valence-corrected chi connectivity index (χ1v) is 5.94. The number of aromatic nitrogens is 3. The van der Waals surface area contributed by atoms with E-state index in [2.05, 4.69) is 20.1 Å². The summed E-state index contributed by atoms with van der Waals surface area (Å²) in [7, 11) is 0. The summed E-state index contributed by atoms with van der Waals surface area (Å²) in [5.41, 5.74) is 7.42. The summed E-state index contributed by atoms with van der Waals surface area (Å²) in [6, 6.07) is 7.59. The molecule has 1 aliphatic rings. The molecule has 1 aliphatic heterocycles. The average Bonchev–Trinajstić information content (AvgIpc) is 2.89. The number of aromatic amines is 1. The first-order chi connectivity index (χ1) is 8.83. The molecule has 1 aromatic carbocycles. The zero-order chi connectivity index (χ0) is 12.4. The molecule has 3 N–H and O–H groups in total. The number of hydrogen-bond donors (Lipinski definition) is 2. The van der Waals surface area contributed by atoms with E-state index in [1.807, 2.05) is 24.3 Å². The standard InChI is InChI=1S/C12H15N5O/c13-10-3-1-2-9(8-10)11-14-12(16-15-11)17-4-6-18-7-5-17/h1-3,8H,4-7,13H2,(H,14,15,16). The van der Waals surface area contributed by atoms with Gasteiger partial charge in [-0.15, -0.1) is 5.10 Å². The van der Waals surface area contributed by atoms with Gasteiger partial charge in [-0.2, -0.15) is 4.98 Å². The number of rotatable bonds is 2. The zero-order valence-corrected chi connectivity index (χ0v) is 9.97. The van der Waals surface area contributed by atoms with Gasteiger partial charge in [-0.3, -0.25) is 5.10 Å². The number of anilines is 2. The summed E-state index contributed by atoms with van der Waals surface area (Å²) in [4.78, 5) is 6.60. The van der Waals surface area contributed by atoms with Crippen LogP contribution in [-0.2, 0) is 4.74 Å². The van der Waals surface area contributed by atoms with E-state index in [-0.39, 0.29) is 0 Å². The number of nitrogens with one attached hydrogen (secondary N) is 1. The number of nitrogen functional groups attached to an aromatic ring is 1. The molecule has 0 amide bonds. The lowest BCUT2D eigenvalue weighted by Crippen LogP contribution is -2.36. The molecule has 0 radical (unpaired) electrons. The maximum atomic E-state index is 5.76. The van der Waals surface area contributed by atoms with Crippen LogP contribution in [0.15, 0.2) is 24.3 Å². The molecule has 0 aliphatic carbocycles. The van der Waals surface area contributed by atoms with Crippen molar-refractivity contribution in [3.8, 4) is 11.4 Å². The molecule has 1 fully saturated rings. The Bertz CT molecular complexity index is 533. The van der Waals surface area contributed by atoms with Crippen molar-refractivity contribution in [2.75, 3.05) is 36.9 Å². The maximum absolute atomic E-state index is 5.76. The van der Waals surface area contributed by atoms with Crippen molar-refractivity contribution in [2.45, 2.75) is 0 Å². The van der Waals surface area contributed by atoms with Crippen molar-refractivity contribution in [2.24, 2.45) is 0 Å². The van der Waals surface area contributed by atoms with E-state index in [1.54, 1.807) is 0 Å². The van der Waals surface area contributed by atoms with Crippen LogP contribution in [0.25, 0.3) is 11.4 Å². The lowest BCUT2D eigenvalue weighted by molar-refractivity contribution is 0.122. The number of H-pyrrole nitrogens is 1. The molecule has 0 unspecified atom stereocenters. The van der Waals surface area contributed by atoms with Gasteiger partial charge in [0.05, 0.1) is 13.2 Å². The van der Waals surface area contributed by atoms with E-state index in [1.165, 1.54) is 0 Å². The molecular weight excluding hydrogens is 230 g/mol. The number of ether oxygens (including phenoxy) is 1. The van der Waals surface area contributed by atoms with Gasteiger partial charge in [0, 0.05) is 24.3 Å². The van der Waals surface area contributed by atoms with Gasteiger partial charge in [-0.05, 0) is 12.1 Å². The Morgan fingerprint density at radius 1 is 1.28 bits per heavy atom. The number of nitrogens with zero attached hydrogens (tertiary/aromatic N) is 3. The average molecular weight is 245 g/mol. The summed E-state index contributed by atoms with van der Waals surface area (Å²) in [6.45, 7) is 3.10. The second kappa shape index (κ2) is 4.66. The molecule has 3 rings (SSSR count). The molecule has 2 heterocycles. The summed E-state index contributed by atoms with van der Waals surface area (Å²) >= 11 is 0. The van der Waals surface area contributed by atoms with E-state index in [0.29, 0.717) is 0 Å². The Morgan fingerprint density at radius 3 is 2.89 bits per heavy atom. The van der Waals surface area contributed by atoms with Gasteiger partial charge < -0.3 is 15.4 Å². The van der Waals surface area contributed by atoms with Crippen molar-refractivity contribution in [3.63, 3.8) is 0 Å². The van der Waals surface area contributed by atoms with Crippen molar-refractivity contribution in [3.05, 3.63) is 24.3 Å². The Hall–Kier alpha value is -2.08. The third kappa shape index (κ3) is 2.14. The molecule has 18 heavy (non-hydrogen) atoms. The smallest absolute Gasteiger partial charge is 0.245 e. The molecule has 0 atom stereocenters. The number of hydrogen-bond acceptors (Lipinski definition) is 5. The maximum Gasteiger partial charge on any atom is 0.245 e. The lowest BCUT2D eigenvalue weighted by Gasteiger charge is -2.25. The number of benzene rings is 1. The fraction of sp³-hybridized carbons (Fsp3) is 0.333. The van der Waals surface area contributed by atoms with Crippen LogP contribution in [0, 0.1) is 0 Å². The fourth-order valence-corrected chi connectivity index (χ4v) is 1.97. The first-order valence-electron chi connectivity index (χ1n) is 5.94. The quantitative estimate of drug-likeness (QED) is 0.768. The second-order valence-corrected chi connectivity index (χ2v) is 4.21. The Balaban J connectivity index is 1.84. The van der Waals surface area contributed by atoms with Gasteiger partial charge in [-0.1, -0.05) is 12.1 Å². The molecule has 1 saturated heterocycles. The zero-order valence-electron chi connectivity index (χ0n) is 9.97. The lowest BCUT2D eigenvalue weighted by atomic mass is 10.2. The fourth-order valence-electron chi connectivity index (χ4n) is 1.97. The van der Waals surface area contributed by atoms with Crippen molar-refractivity contribution >= 4 is 11.6 Å². The van der Waals surface area contributed by atoms with Crippen LogP contribution in [0.3, 0.4) is 0 Å². The topological polar surface area (TPSA) is 80.1 Å². The SMILES string of the molecule is Nc1cccc(-c2nc(N3CCOCC3)n[nH]2)c1. The summed E-state index contributed by atoms with van der Waals surface area (Å²) in [5, 5.41) is 7.19. The van der Waals surface area contributed by atoms with Gasteiger partial charge >= 0.3 is 0 Å². The van der Waals surface area contributed by atoms with Crippen LogP contribution >= 0.6 is 0 Å². The minimum absolute atomic E-state index is 0.718. The van der Waals surface area contributed by atoms with E-state index < -0.39 is 0 Å². The van der Waals surface area contributed by atoms with Crippen LogP contribution in [0.2, 0.25) is 0 Å². The normalized spacial score (nSPS) is 15.9. The van der Waals surface area contributed by atoms with Gasteiger partial charge in [0.1, 0.15) is 0 Å². The highest BCUT2D eigenvalue weighted by atomic mass is 16.5. The molecular formula is C12H15N5O. The van der Waals surface area contributed by atoms with E-state index in [4.69, 9.17) is 10.5 Å². The van der Waals surface area contributed by atoms with Crippen LogP contribution in [0.4, 0.5) is 11.6 Å². The number of morpholine rings is 1. The van der Waals surface area contributed by atoms with Crippen LogP contribution < -0.4 is 10.6 Å². The molecule has 0 spiro atoms. The van der Waals surface area contributed by atoms with Crippen LogP contribution in [0.5, 0.6) is 0 Å². The monoisotopic (exact) mass is 245 g/mol. The molecule has 6 nitrogen and oxygen atoms in total. The predicted octanol–water partition coefficient (Wildman–Crippen LogP) is 0.890. The summed E-state index contributed by atoms with van der Waals surface area (Å²) in [5.74, 6) is 1.46. The van der Waals surface area contributed by atoms with Gasteiger partial charge in [0.15, 0.2) is 5.82 Å². The highest BCUT2D eigenvalue weighted by molar-refractivity contribution is 5.61. The van der Waals surface area contributed by atoms with E-state index in [9.17, 15) is 0 Å². The highest BCUT2D eigenvalue weighted by Crippen LogP contribution is 2.20. The number of nitrogens with two attached hydrogens (primary N) is 1. The van der Waals surface area contributed by atoms with Crippen molar-refractivity contribution in [1.82, 2.24) is 15.2 Å².